The Morgan fingerprint density at radius 2 is 2.17 bits per heavy atom. The fourth-order valence-corrected chi connectivity index (χ4v) is 3.61. The molecule has 0 fully saturated rings. The van der Waals surface area contributed by atoms with Crippen LogP contribution in [0.15, 0.2) is 23.1 Å². The summed E-state index contributed by atoms with van der Waals surface area (Å²) in [5.41, 5.74) is 2.37. The lowest BCUT2D eigenvalue weighted by atomic mass is 10.2. The first-order valence-corrected chi connectivity index (χ1v) is 5.63. The van der Waals surface area contributed by atoms with Gasteiger partial charge >= 0.3 is 0 Å². The second-order valence-corrected chi connectivity index (χ2v) is 4.93. The van der Waals surface area contributed by atoms with Gasteiger partial charge in [-0.15, -0.1) is 12.4 Å². The van der Waals surface area contributed by atoms with Gasteiger partial charge in [0.1, 0.15) is 0 Å². The van der Waals surface area contributed by atoms with Crippen molar-refractivity contribution in [1.29, 1.82) is 0 Å². The van der Waals surface area contributed by atoms with Crippen LogP contribution in [-0.4, -0.2) is 0 Å². The molecule has 12 heavy (non-hydrogen) atoms. The van der Waals surface area contributed by atoms with E-state index < -0.39 is 0 Å². The summed E-state index contributed by atoms with van der Waals surface area (Å²) in [5, 5.41) is 0. The van der Waals surface area contributed by atoms with E-state index in [0.717, 1.165) is 5.69 Å². The summed E-state index contributed by atoms with van der Waals surface area (Å²) in [5.74, 6) is 0. The lowest BCUT2D eigenvalue weighted by molar-refractivity contribution is 1.35. The van der Waals surface area contributed by atoms with Crippen molar-refractivity contribution in [3.63, 3.8) is 0 Å². The van der Waals surface area contributed by atoms with Crippen LogP contribution in [0.5, 0.6) is 0 Å². The number of benzene rings is 1. The average molecular weight is 240 g/mol. The summed E-state index contributed by atoms with van der Waals surface area (Å²) in [6, 6.07) is 6.21. The number of hydrogen-bond donors (Lipinski definition) is 0. The summed E-state index contributed by atoms with van der Waals surface area (Å²) in [6.45, 7) is 2.07. The Balaban J connectivity index is 0.000000720. The minimum Gasteiger partial charge on any atom is -0.215 e. The van der Waals surface area contributed by atoms with E-state index in [0.29, 0.717) is 0 Å². The lowest BCUT2D eigenvalue weighted by Crippen LogP contribution is -1.93. The number of aryl methyl sites for hydroxylation is 1. The van der Waals surface area contributed by atoms with Crippen molar-refractivity contribution in [3.8, 4) is 0 Å². The lowest BCUT2D eigenvalue weighted by Gasteiger charge is -2.07. The second-order valence-electron chi connectivity index (χ2n) is 2.32. The predicted octanol–water partition coefficient (Wildman–Crippen LogP) is 4.05. The highest BCUT2D eigenvalue weighted by atomic mass is 35.5. The number of anilines is 1. The largest absolute Gasteiger partial charge is 0.215 e. The van der Waals surface area contributed by atoms with E-state index in [2.05, 4.69) is 25.1 Å². The van der Waals surface area contributed by atoms with Crippen LogP contribution in [0.1, 0.15) is 5.56 Å². The van der Waals surface area contributed by atoms with Crippen molar-refractivity contribution in [1.82, 2.24) is 0 Å². The summed E-state index contributed by atoms with van der Waals surface area (Å²) in [6.07, 6.45) is 0. The molecule has 0 bridgehead atoms. The van der Waals surface area contributed by atoms with Crippen LogP contribution < -0.4 is 3.82 Å². The molecule has 0 radical (unpaired) electrons. The number of para-hydroxylation sites is 1. The molecule has 0 atom stereocenters. The molecule has 1 aromatic rings. The first kappa shape index (κ1) is 10.4. The van der Waals surface area contributed by atoms with E-state index in [1.807, 2.05) is 0 Å². The summed E-state index contributed by atoms with van der Waals surface area (Å²) >= 11 is 5.92. The Kier molecular flexibility index (Phi) is 3.47. The number of fused-ring (bicyclic) bond motifs is 1. The van der Waals surface area contributed by atoms with Gasteiger partial charge in [-0.2, -0.15) is 0 Å². The third-order valence-corrected chi connectivity index (χ3v) is 4.30. The minimum atomic E-state index is 0. The molecule has 1 aliphatic heterocycles. The van der Waals surface area contributed by atoms with Gasteiger partial charge in [-0.25, -0.2) is 3.82 Å². The van der Waals surface area contributed by atoms with E-state index in [4.69, 9.17) is 11.8 Å². The van der Waals surface area contributed by atoms with E-state index >= 15 is 0 Å². The van der Waals surface area contributed by atoms with Crippen molar-refractivity contribution in [2.45, 2.75) is 11.8 Å². The SMILES string of the molecule is Cc1cccc2c1N(Cl)SS2.Cl. The smallest absolute Gasteiger partial charge is 0.0834 e. The maximum absolute atomic E-state index is 5.92. The van der Waals surface area contributed by atoms with Gasteiger partial charge in [0.2, 0.25) is 0 Å². The van der Waals surface area contributed by atoms with Crippen LogP contribution >= 0.6 is 46.0 Å². The number of halogens is 2. The van der Waals surface area contributed by atoms with Crippen molar-refractivity contribution >= 4 is 51.6 Å². The predicted molar refractivity (Wildman–Crippen MR) is 60.2 cm³/mol. The third-order valence-electron chi connectivity index (χ3n) is 1.57. The zero-order valence-electron chi connectivity index (χ0n) is 6.28. The van der Waals surface area contributed by atoms with Crippen LogP contribution in [0.25, 0.3) is 0 Å². The Morgan fingerprint density at radius 1 is 1.42 bits per heavy atom. The molecule has 2 rings (SSSR count). The topological polar surface area (TPSA) is 3.24 Å². The zero-order valence-corrected chi connectivity index (χ0v) is 9.49. The Morgan fingerprint density at radius 3 is 2.83 bits per heavy atom. The Hall–Kier alpha value is 0.300. The quantitative estimate of drug-likeness (QED) is 0.382. The molecular weight excluding hydrogens is 233 g/mol. The minimum absolute atomic E-state index is 0. The van der Waals surface area contributed by atoms with Crippen molar-refractivity contribution < 1.29 is 0 Å². The highest BCUT2D eigenvalue weighted by Gasteiger charge is 2.20. The Bertz CT molecular complexity index is 293. The fraction of sp³-hybridized carbons (Fsp3) is 0.143. The molecule has 1 nitrogen and oxygen atoms in total. The molecule has 1 heterocycles. The van der Waals surface area contributed by atoms with Crippen molar-refractivity contribution in [2.24, 2.45) is 0 Å². The van der Waals surface area contributed by atoms with Crippen LogP contribution in [0.2, 0.25) is 0 Å². The monoisotopic (exact) mass is 239 g/mol. The van der Waals surface area contributed by atoms with Crippen LogP contribution in [0.4, 0.5) is 5.69 Å². The van der Waals surface area contributed by atoms with Gasteiger partial charge in [0.05, 0.1) is 5.69 Å². The maximum atomic E-state index is 5.92. The first-order chi connectivity index (χ1) is 5.29. The highest BCUT2D eigenvalue weighted by Crippen LogP contribution is 2.52. The van der Waals surface area contributed by atoms with Gasteiger partial charge in [-0.05, 0) is 29.3 Å². The summed E-state index contributed by atoms with van der Waals surface area (Å²) < 4.78 is 1.69. The Labute approximate surface area is 90.9 Å². The zero-order chi connectivity index (χ0) is 7.84. The van der Waals surface area contributed by atoms with Gasteiger partial charge in [-0.1, -0.05) is 12.1 Å². The van der Waals surface area contributed by atoms with Crippen LogP contribution in [-0.2, 0) is 0 Å². The molecule has 0 aliphatic carbocycles. The van der Waals surface area contributed by atoms with Gasteiger partial charge in [0, 0.05) is 27.7 Å². The summed E-state index contributed by atoms with van der Waals surface area (Å²) in [4.78, 5) is 1.25. The molecule has 66 valence electrons. The van der Waals surface area contributed by atoms with E-state index in [-0.39, 0.29) is 12.4 Å². The molecule has 0 unspecified atom stereocenters. The molecule has 1 aromatic carbocycles. The standard InChI is InChI=1S/C7H6ClNS2.ClH/c1-5-3-2-4-6-7(5)9(8)11-10-6;/h2-4H,1H3;1H. The van der Waals surface area contributed by atoms with Gasteiger partial charge < -0.3 is 0 Å². The molecule has 0 aromatic heterocycles. The molecule has 0 spiro atoms. The maximum Gasteiger partial charge on any atom is 0.0834 e. The second kappa shape index (κ2) is 4.01. The number of rotatable bonds is 0. The van der Waals surface area contributed by atoms with E-state index in [9.17, 15) is 0 Å². The van der Waals surface area contributed by atoms with Gasteiger partial charge in [-0.3, -0.25) is 0 Å². The molecule has 0 saturated carbocycles. The molecule has 0 saturated heterocycles. The van der Waals surface area contributed by atoms with E-state index in [1.54, 1.807) is 25.6 Å². The average Bonchev–Trinajstić information content (AvgIpc) is 2.34. The molecule has 1 aliphatic rings. The number of nitrogens with zero attached hydrogens (tertiary/aromatic N) is 1. The van der Waals surface area contributed by atoms with Crippen molar-refractivity contribution in [2.75, 3.05) is 3.82 Å². The molecule has 0 N–H and O–H groups in total. The van der Waals surface area contributed by atoms with Crippen molar-refractivity contribution in [3.05, 3.63) is 23.8 Å². The highest BCUT2D eigenvalue weighted by molar-refractivity contribution is 8.78. The molecule has 5 heteroatoms. The first-order valence-electron chi connectivity index (χ1n) is 3.19. The fourth-order valence-electron chi connectivity index (χ4n) is 1.03. The van der Waals surface area contributed by atoms with Crippen LogP contribution in [0, 0.1) is 6.92 Å². The van der Waals surface area contributed by atoms with E-state index in [1.165, 1.54) is 10.5 Å². The number of hydrogen-bond acceptors (Lipinski definition) is 3. The van der Waals surface area contributed by atoms with Gasteiger partial charge in [0.25, 0.3) is 0 Å². The molecular formula is C7H7Cl2NS2. The summed E-state index contributed by atoms with van der Waals surface area (Å²) in [7, 11) is 3.26. The molecule has 0 amide bonds. The third kappa shape index (κ3) is 1.64. The normalized spacial score (nSPS) is 14.0. The van der Waals surface area contributed by atoms with Crippen LogP contribution in [0.3, 0.4) is 0 Å². The van der Waals surface area contributed by atoms with Gasteiger partial charge in [0.15, 0.2) is 0 Å².